The lowest BCUT2D eigenvalue weighted by molar-refractivity contribution is -0.121. The van der Waals surface area contributed by atoms with Gasteiger partial charge in [-0.05, 0) is 32.8 Å². The number of amides is 1. The lowest BCUT2D eigenvalue weighted by Gasteiger charge is -2.06. The van der Waals surface area contributed by atoms with Crippen LogP contribution < -0.4 is 5.32 Å². The molecule has 0 radical (unpaired) electrons. The predicted molar refractivity (Wildman–Crippen MR) is 64.4 cm³/mol. The van der Waals surface area contributed by atoms with Crippen molar-refractivity contribution in [2.24, 2.45) is 0 Å². The molecule has 0 aliphatic heterocycles. The second kappa shape index (κ2) is 5.68. The Morgan fingerprint density at radius 3 is 2.56 bits per heavy atom. The topological polar surface area (TPSA) is 46.9 Å². The number of hydrogen-bond acceptors (Lipinski definition) is 2. The van der Waals surface area contributed by atoms with Gasteiger partial charge in [0.05, 0.1) is 12.2 Å². The average Bonchev–Trinajstić information content (AvgIpc) is 2.47. The molecule has 1 N–H and O–H groups in total. The predicted octanol–water partition coefficient (Wildman–Crippen LogP) is 1.72. The number of aryl methyl sites for hydroxylation is 1. The normalized spacial score (nSPS) is 10.5. The summed E-state index contributed by atoms with van der Waals surface area (Å²) in [5, 5.41) is 7.31. The Hall–Kier alpha value is -1.32. The fourth-order valence-electron chi connectivity index (χ4n) is 1.62. The fourth-order valence-corrected chi connectivity index (χ4v) is 1.62. The Balaban J connectivity index is 2.43. The quantitative estimate of drug-likeness (QED) is 0.826. The molecule has 4 nitrogen and oxygen atoms in total. The highest BCUT2D eigenvalue weighted by Crippen LogP contribution is 2.10. The number of nitrogens with one attached hydrogen (secondary N) is 1. The van der Waals surface area contributed by atoms with Gasteiger partial charge in [-0.25, -0.2) is 0 Å². The van der Waals surface area contributed by atoms with E-state index in [4.69, 9.17) is 0 Å². The van der Waals surface area contributed by atoms with Crippen molar-refractivity contribution in [2.45, 2.75) is 47.1 Å². The molecule has 4 heteroatoms. The largest absolute Gasteiger partial charge is 0.354 e. The number of carbonyl (C=O) groups is 1. The molecule has 0 atom stereocenters. The number of carbonyl (C=O) groups excluding carboxylic acids is 1. The first-order valence-corrected chi connectivity index (χ1v) is 5.83. The third-order valence-electron chi connectivity index (χ3n) is 2.87. The molecule has 0 saturated heterocycles. The molecular formula is C12H21N3O. The van der Waals surface area contributed by atoms with Gasteiger partial charge >= 0.3 is 0 Å². The van der Waals surface area contributed by atoms with Crippen LogP contribution in [0.5, 0.6) is 0 Å². The molecule has 0 unspecified atom stereocenters. The van der Waals surface area contributed by atoms with Gasteiger partial charge in [-0.2, -0.15) is 5.10 Å². The van der Waals surface area contributed by atoms with E-state index in [0.29, 0.717) is 13.0 Å². The molecular weight excluding hydrogens is 202 g/mol. The third-order valence-corrected chi connectivity index (χ3v) is 2.87. The maximum absolute atomic E-state index is 11.2. The molecule has 1 amide bonds. The van der Waals surface area contributed by atoms with E-state index in [1.165, 1.54) is 11.3 Å². The molecule has 1 heterocycles. The van der Waals surface area contributed by atoms with E-state index in [2.05, 4.69) is 24.3 Å². The summed E-state index contributed by atoms with van der Waals surface area (Å²) in [5.74, 6) is 0.126. The van der Waals surface area contributed by atoms with Gasteiger partial charge in [0.1, 0.15) is 0 Å². The van der Waals surface area contributed by atoms with Crippen molar-refractivity contribution in [1.29, 1.82) is 0 Å². The maximum Gasteiger partial charge on any atom is 0.220 e. The summed E-state index contributed by atoms with van der Waals surface area (Å²) in [7, 11) is 0. The van der Waals surface area contributed by atoms with Gasteiger partial charge in [0, 0.05) is 18.7 Å². The van der Waals surface area contributed by atoms with Gasteiger partial charge in [-0.3, -0.25) is 9.48 Å². The third kappa shape index (κ3) is 3.08. The van der Waals surface area contributed by atoms with Crippen molar-refractivity contribution in [3.63, 3.8) is 0 Å². The summed E-state index contributed by atoms with van der Waals surface area (Å²) >= 11 is 0. The van der Waals surface area contributed by atoms with E-state index in [1.54, 1.807) is 0 Å². The smallest absolute Gasteiger partial charge is 0.220 e. The van der Waals surface area contributed by atoms with E-state index in [1.807, 2.05) is 18.5 Å². The highest BCUT2D eigenvalue weighted by atomic mass is 16.1. The van der Waals surface area contributed by atoms with Gasteiger partial charge < -0.3 is 5.32 Å². The van der Waals surface area contributed by atoms with Crippen molar-refractivity contribution in [2.75, 3.05) is 6.54 Å². The molecule has 0 aliphatic rings. The second-order valence-electron chi connectivity index (χ2n) is 4.12. The Bertz CT molecular complexity index is 369. The molecule has 1 aromatic rings. The molecule has 0 saturated carbocycles. The molecule has 16 heavy (non-hydrogen) atoms. The van der Waals surface area contributed by atoms with Crippen LogP contribution in [0.15, 0.2) is 0 Å². The van der Waals surface area contributed by atoms with Crippen molar-refractivity contribution < 1.29 is 4.79 Å². The number of aromatic nitrogens is 2. The van der Waals surface area contributed by atoms with Crippen LogP contribution in [0.25, 0.3) is 0 Å². The summed E-state index contributed by atoms with van der Waals surface area (Å²) in [5.41, 5.74) is 3.49. The van der Waals surface area contributed by atoms with E-state index < -0.39 is 0 Å². The SMILES string of the molecule is CCCC(=O)NCCn1nc(C)c(C)c1C. The minimum Gasteiger partial charge on any atom is -0.354 e. The molecule has 0 spiro atoms. The van der Waals surface area contributed by atoms with E-state index in [0.717, 1.165) is 18.7 Å². The molecule has 0 aliphatic carbocycles. The molecule has 1 rings (SSSR count). The average molecular weight is 223 g/mol. The van der Waals surface area contributed by atoms with Crippen LogP contribution in [0.4, 0.5) is 0 Å². The van der Waals surface area contributed by atoms with Crippen LogP contribution in [0, 0.1) is 20.8 Å². The molecule has 0 aromatic carbocycles. The first-order chi connectivity index (χ1) is 7.56. The van der Waals surface area contributed by atoms with Crippen molar-refractivity contribution >= 4 is 5.91 Å². The standard InChI is InChI=1S/C12H21N3O/c1-5-6-12(16)13-7-8-15-11(4)9(2)10(3)14-15/h5-8H2,1-4H3,(H,13,16). The minimum absolute atomic E-state index is 0.126. The summed E-state index contributed by atoms with van der Waals surface area (Å²) in [4.78, 5) is 11.2. The second-order valence-corrected chi connectivity index (χ2v) is 4.12. The number of rotatable bonds is 5. The lowest BCUT2D eigenvalue weighted by atomic mass is 10.2. The van der Waals surface area contributed by atoms with Gasteiger partial charge in [0.2, 0.25) is 5.91 Å². The van der Waals surface area contributed by atoms with Crippen molar-refractivity contribution in [1.82, 2.24) is 15.1 Å². The van der Waals surface area contributed by atoms with Crippen molar-refractivity contribution in [3.05, 3.63) is 17.0 Å². The van der Waals surface area contributed by atoms with Crippen LogP contribution in [0.2, 0.25) is 0 Å². The van der Waals surface area contributed by atoms with Crippen LogP contribution in [-0.4, -0.2) is 22.2 Å². The molecule has 0 bridgehead atoms. The summed E-state index contributed by atoms with van der Waals surface area (Å²) in [6.07, 6.45) is 1.50. The molecule has 1 aromatic heterocycles. The van der Waals surface area contributed by atoms with Gasteiger partial charge in [-0.1, -0.05) is 6.92 Å². The van der Waals surface area contributed by atoms with E-state index in [9.17, 15) is 4.79 Å². The first-order valence-electron chi connectivity index (χ1n) is 5.83. The number of hydrogen-bond donors (Lipinski definition) is 1. The van der Waals surface area contributed by atoms with Crippen LogP contribution in [0.3, 0.4) is 0 Å². The zero-order valence-corrected chi connectivity index (χ0v) is 10.6. The highest BCUT2D eigenvalue weighted by molar-refractivity contribution is 5.75. The van der Waals surface area contributed by atoms with E-state index >= 15 is 0 Å². The van der Waals surface area contributed by atoms with Crippen LogP contribution in [0.1, 0.15) is 36.7 Å². The maximum atomic E-state index is 11.2. The Kier molecular flexibility index (Phi) is 4.52. The Labute approximate surface area is 97.0 Å². The van der Waals surface area contributed by atoms with Crippen LogP contribution in [-0.2, 0) is 11.3 Å². The highest BCUT2D eigenvalue weighted by Gasteiger charge is 2.06. The summed E-state index contributed by atoms with van der Waals surface area (Å²) in [6.45, 7) is 9.54. The Morgan fingerprint density at radius 1 is 1.38 bits per heavy atom. The monoisotopic (exact) mass is 223 g/mol. The minimum atomic E-state index is 0.126. The zero-order valence-electron chi connectivity index (χ0n) is 10.6. The summed E-state index contributed by atoms with van der Waals surface area (Å²) in [6, 6.07) is 0. The van der Waals surface area contributed by atoms with Gasteiger partial charge in [0.15, 0.2) is 0 Å². The van der Waals surface area contributed by atoms with Crippen LogP contribution >= 0.6 is 0 Å². The fraction of sp³-hybridized carbons (Fsp3) is 0.667. The number of nitrogens with zero attached hydrogens (tertiary/aromatic N) is 2. The lowest BCUT2D eigenvalue weighted by Crippen LogP contribution is -2.27. The van der Waals surface area contributed by atoms with E-state index in [-0.39, 0.29) is 5.91 Å². The van der Waals surface area contributed by atoms with Gasteiger partial charge in [0.25, 0.3) is 0 Å². The molecule has 0 fully saturated rings. The summed E-state index contributed by atoms with van der Waals surface area (Å²) < 4.78 is 1.96. The van der Waals surface area contributed by atoms with Crippen molar-refractivity contribution in [3.8, 4) is 0 Å². The first kappa shape index (κ1) is 12.7. The van der Waals surface area contributed by atoms with Gasteiger partial charge in [-0.15, -0.1) is 0 Å². The Morgan fingerprint density at radius 2 is 2.06 bits per heavy atom. The molecule has 90 valence electrons. The zero-order chi connectivity index (χ0) is 12.1.